The molecule has 1 saturated heterocycles. The van der Waals surface area contributed by atoms with E-state index in [1.807, 2.05) is 37.5 Å². The Morgan fingerprint density at radius 3 is 2.57 bits per heavy atom. The van der Waals surface area contributed by atoms with Crippen LogP contribution in [0.2, 0.25) is 0 Å². The summed E-state index contributed by atoms with van der Waals surface area (Å²) in [5, 5.41) is 0. The Hall–Kier alpha value is -2.11. The van der Waals surface area contributed by atoms with Crippen LogP contribution in [0.1, 0.15) is 36.9 Å². The van der Waals surface area contributed by atoms with Gasteiger partial charge in [0.05, 0.1) is 32.2 Å². The van der Waals surface area contributed by atoms with E-state index in [1.165, 1.54) is 5.69 Å². The van der Waals surface area contributed by atoms with E-state index in [9.17, 15) is 4.79 Å². The lowest BCUT2D eigenvalue weighted by Gasteiger charge is -2.29. The molecule has 0 spiro atoms. The molecule has 1 aromatic heterocycles. The average Bonchev–Trinajstić information content (AvgIpc) is 3.14. The first-order valence-electron chi connectivity index (χ1n) is 10.5. The number of carbonyl (C=O) groups excluding carboxylic acids is 1. The number of carbonyl (C=O) groups is 1. The van der Waals surface area contributed by atoms with Gasteiger partial charge in [0, 0.05) is 31.9 Å². The first kappa shape index (κ1) is 20.6. The highest BCUT2D eigenvalue weighted by Gasteiger charge is 2.25. The van der Waals surface area contributed by atoms with Gasteiger partial charge in [-0.1, -0.05) is 37.3 Å². The van der Waals surface area contributed by atoms with Gasteiger partial charge in [-0.3, -0.25) is 4.79 Å². The van der Waals surface area contributed by atoms with Crippen LogP contribution in [0.5, 0.6) is 0 Å². The maximum atomic E-state index is 13.5. The Balaban J connectivity index is 1.68. The molecule has 1 aliphatic heterocycles. The molecule has 0 radical (unpaired) electrons. The van der Waals surface area contributed by atoms with Gasteiger partial charge < -0.3 is 19.1 Å². The molecule has 3 rings (SSSR count). The molecule has 152 valence electrons. The van der Waals surface area contributed by atoms with Crippen LogP contribution < -0.4 is 4.90 Å². The predicted molar refractivity (Wildman–Crippen MR) is 111 cm³/mol. The van der Waals surface area contributed by atoms with Crippen molar-refractivity contribution in [3.05, 3.63) is 59.9 Å². The van der Waals surface area contributed by atoms with Crippen LogP contribution in [-0.2, 0) is 23.1 Å². The normalized spacial score (nSPS) is 16.1. The van der Waals surface area contributed by atoms with Crippen molar-refractivity contribution in [3.63, 3.8) is 0 Å². The zero-order valence-electron chi connectivity index (χ0n) is 17.3. The van der Waals surface area contributed by atoms with Gasteiger partial charge in [0.2, 0.25) is 5.91 Å². The van der Waals surface area contributed by atoms with E-state index in [4.69, 9.17) is 4.74 Å². The Bertz CT molecular complexity index is 722. The van der Waals surface area contributed by atoms with E-state index in [0.29, 0.717) is 6.54 Å². The van der Waals surface area contributed by atoms with Crippen molar-refractivity contribution >= 4 is 5.91 Å². The summed E-state index contributed by atoms with van der Waals surface area (Å²) >= 11 is 0. The summed E-state index contributed by atoms with van der Waals surface area (Å²) in [4.78, 5) is 17.1. The third kappa shape index (κ3) is 5.46. The minimum absolute atomic E-state index is 0.0720. The lowest BCUT2D eigenvalue weighted by Crippen LogP contribution is -3.14. The summed E-state index contributed by atoms with van der Waals surface area (Å²) in [5.41, 5.74) is 2.29. The SMILES string of the molecule is CC[C@H](C(=O)N(CCC[NH+]1CCOCC1)Cc1cccn1C)c1ccccc1. The molecular formula is C23H34N3O2+. The van der Waals surface area contributed by atoms with Crippen molar-refractivity contribution in [2.75, 3.05) is 39.4 Å². The average molecular weight is 385 g/mol. The van der Waals surface area contributed by atoms with E-state index in [0.717, 1.165) is 57.8 Å². The molecule has 0 saturated carbocycles. The third-order valence-electron chi connectivity index (χ3n) is 5.78. The van der Waals surface area contributed by atoms with Crippen LogP contribution in [0.4, 0.5) is 0 Å². The molecule has 1 aliphatic rings. The van der Waals surface area contributed by atoms with E-state index >= 15 is 0 Å². The van der Waals surface area contributed by atoms with Gasteiger partial charge in [-0.2, -0.15) is 0 Å². The molecule has 0 unspecified atom stereocenters. The molecule has 28 heavy (non-hydrogen) atoms. The fourth-order valence-electron chi connectivity index (χ4n) is 4.01. The van der Waals surface area contributed by atoms with Crippen molar-refractivity contribution in [2.24, 2.45) is 7.05 Å². The zero-order valence-corrected chi connectivity index (χ0v) is 17.3. The van der Waals surface area contributed by atoms with Crippen molar-refractivity contribution < 1.29 is 14.4 Å². The first-order chi connectivity index (χ1) is 13.7. The molecule has 5 nitrogen and oxygen atoms in total. The second-order valence-electron chi connectivity index (χ2n) is 7.71. The molecule has 2 aromatic rings. The number of ether oxygens (including phenoxy) is 1. The predicted octanol–water partition coefficient (Wildman–Crippen LogP) is 1.85. The quantitative estimate of drug-likeness (QED) is 0.717. The van der Waals surface area contributed by atoms with Gasteiger partial charge in [-0.15, -0.1) is 0 Å². The van der Waals surface area contributed by atoms with Gasteiger partial charge >= 0.3 is 0 Å². The Kier molecular flexibility index (Phi) is 7.69. The smallest absolute Gasteiger partial charge is 0.230 e. The minimum atomic E-state index is -0.0720. The number of benzene rings is 1. The molecule has 0 bridgehead atoms. The van der Waals surface area contributed by atoms with Gasteiger partial charge in [0.1, 0.15) is 13.1 Å². The Morgan fingerprint density at radius 1 is 1.18 bits per heavy atom. The minimum Gasteiger partial charge on any atom is -0.370 e. The monoisotopic (exact) mass is 384 g/mol. The van der Waals surface area contributed by atoms with E-state index < -0.39 is 0 Å². The van der Waals surface area contributed by atoms with E-state index in [1.54, 1.807) is 4.90 Å². The highest BCUT2D eigenvalue weighted by Crippen LogP contribution is 2.23. The van der Waals surface area contributed by atoms with Gasteiger partial charge in [-0.25, -0.2) is 0 Å². The van der Waals surface area contributed by atoms with Crippen molar-refractivity contribution in [3.8, 4) is 0 Å². The molecular weight excluding hydrogens is 350 g/mol. The summed E-state index contributed by atoms with van der Waals surface area (Å²) in [6.45, 7) is 8.54. The van der Waals surface area contributed by atoms with Crippen LogP contribution in [0, 0.1) is 0 Å². The largest absolute Gasteiger partial charge is 0.370 e. The first-order valence-corrected chi connectivity index (χ1v) is 10.5. The van der Waals surface area contributed by atoms with Crippen molar-refractivity contribution in [2.45, 2.75) is 32.2 Å². The number of nitrogens with zero attached hydrogens (tertiary/aromatic N) is 2. The summed E-state index contributed by atoms with van der Waals surface area (Å²) < 4.78 is 7.56. The zero-order chi connectivity index (χ0) is 19.8. The number of hydrogen-bond donors (Lipinski definition) is 1. The van der Waals surface area contributed by atoms with Crippen LogP contribution in [0.15, 0.2) is 48.7 Å². The lowest BCUT2D eigenvalue weighted by atomic mass is 9.95. The van der Waals surface area contributed by atoms with Gasteiger partial charge in [-0.05, 0) is 24.1 Å². The number of hydrogen-bond acceptors (Lipinski definition) is 2. The number of aromatic nitrogens is 1. The fraction of sp³-hybridized carbons (Fsp3) is 0.522. The molecule has 1 atom stereocenters. The maximum Gasteiger partial charge on any atom is 0.230 e. The lowest BCUT2D eigenvalue weighted by molar-refractivity contribution is -0.908. The summed E-state index contributed by atoms with van der Waals surface area (Å²) in [6, 6.07) is 14.4. The molecule has 5 heteroatoms. The molecule has 2 heterocycles. The summed E-state index contributed by atoms with van der Waals surface area (Å²) in [7, 11) is 2.05. The maximum absolute atomic E-state index is 13.5. The van der Waals surface area contributed by atoms with Crippen LogP contribution in [-0.4, -0.2) is 54.8 Å². The number of nitrogens with one attached hydrogen (secondary N) is 1. The second-order valence-corrected chi connectivity index (χ2v) is 7.71. The molecule has 1 aromatic carbocycles. The topological polar surface area (TPSA) is 38.9 Å². The number of aryl methyl sites for hydroxylation is 1. The summed E-state index contributed by atoms with van der Waals surface area (Å²) in [6.07, 6.45) is 3.89. The number of morpholine rings is 1. The van der Waals surface area contributed by atoms with Crippen molar-refractivity contribution in [1.29, 1.82) is 0 Å². The number of amides is 1. The van der Waals surface area contributed by atoms with Crippen LogP contribution in [0.25, 0.3) is 0 Å². The molecule has 1 N–H and O–H groups in total. The Labute approximate surface area is 168 Å². The summed E-state index contributed by atoms with van der Waals surface area (Å²) in [5.74, 6) is 0.170. The van der Waals surface area contributed by atoms with E-state index in [2.05, 4.69) is 34.6 Å². The van der Waals surface area contributed by atoms with Gasteiger partial charge in [0.25, 0.3) is 0 Å². The molecule has 0 aliphatic carbocycles. The molecule has 1 fully saturated rings. The third-order valence-corrected chi connectivity index (χ3v) is 5.78. The van der Waals surface area contributed by atoms with E-state index in [-0.39, 0.29) is 11.8 Å². The van der Waals surface area contributed by atoms with Crippen LogP contribution in [0.3, 0.4) is 0 Å². The number of quaternary nitrogens is 1. The number of rotatable bonds is 9. The Morgan fingerprint density at radius 2 is 1.93 bits per heavy atom. The van der Waals surface area contributed by atoms with Gasteiger partial charge in [0.15, 0.2) is 0 Å². The van der Waals surface area contributed by atoms with Crippen LogP contribution >= 0.6 is 0 Å². The second kappa shape index (κ2) is 10.4. The standard InChI is InChI=1S/C23H33N3O2/c1-3-22(20-9-5-4-6-10-20)23(27)26(19-21-11-7-12-24(21)2)14-8-13-25-15-17-28-18-16-25/h4-7,9-12,22H,3,8,13-19H2,1-2H3/p+1/t22-/m0/s1. The highest BCUT2D eigenvalue weighted by atomic mass is 16.5. The molecule has 1 amide bonds. The van der Waals surface area contributed by atoms with Crippen molar-refractivity contribution in [1.82, 2.24) is 9.47 Å². The highest BCUT2D eigenvalue weighted by molar-refractivity contribution is 5.83. The fourth-order valence-corrected chi connectivity index (χ4v) is 4.01.